The van der Waals surface area contributed by atoms with Crippen molar-refractivity contribution in [2.45, 2.75) is 13.0 Å². The zero-order valence-electron chi connectivity index (χ0n) is 6.40. The molecule has 1 aromatic heterocycles. The summed E-state index contributed by atoms with van der Waals surface area (Å²) in [5, 5.41) is 0. The number of alkyl halides is 2. The molecule has 1 aromatic rings. The molecule has 0 radical (unpaired) electrons. The standard InChI is InChI=1S/C7H6BrF3N2/c8-5-1-3(7(10)11)6(9)4(2-12)13-5/h1,7H,2,12H2. The number of hydrogen-bond donors (Lipinski definition) is 1. The van der Waals surface area contributed by atoms with Crippen molar-refractivity contribution in [2.24, 2.45) is 5.73 Å². The van der Waals surface area contributed by atoms with Gasteiger partial charge < -0.3 is 5.73 Å². The second kappa shape index (κ2) is 4.06. The van der Waals surface area contributed by atoms with E-state index in [0.717, 1.165) is 6.07 Å². The lowest BCUT2D eigenvalue weighted by molar-refractivity contribution is 0.145. The van der Waals surface area contributed by atoms with Crippen molar-refractivity contribution in [3.05, 3.63) is 27.7 Å². The van der Waals surface area contributed by atoms with Crippen LogP contribution >= 0.6 is 15.9 Å². The number of rotatable bonds is 2. The van der Waals surface area contributed by atoms with Crippen LogP contribution in [0.3, 0.4) is 0 Å². The number of nitrogens with two attached hydrogens (primary N) is 1. The van der Waals surface area contributed by atoms with Gasteiger partial charge in [0, 0.05) is 6.54 Å². The van der Waals surface area contributed by atoms with Crippen LogP contribution in [-0.2, 0) is 6.54 Å². The lowest BCUT2D eigenvalue weighted by Crippen LogP contribution is -2.06. The Kier molecular flexibility index (Phi) is 3.27. The smallest absolute Gasteiger partial charge is 0.266 e. The molecule has 0 aliphatic heterocycles. The van der Waals surface area contributed by atoms with Gasteiger partial charge in [-0.05, 0) is 22.0 Å². The molecular weight excluding hydrogens is 249 g/mol. The van der Waals surface area contributed by atoms with Crippen molar-refractivity contribution < 1.29 is 13.2 Å². The Labute approximate surface area is 81.1 Å². The number of halogens is 4. The van der Waals surface area contributed by atoms with Gasteiger partial charge in [0.1, 0.15) is 4.60 Å². The molecular formula is C7H6BrF3N2. The van der Waals surface area contributed by atoms with E-state index in [1.165, 1.54) is 0 Å². The SMILES string of the molecule is NCc1nc(Br)cc(C(F)F)c1F. The van der Waals surface area contributed by atoms with Gasteiger partial charge in [-0.1, -0.05) is 0 Å². The maximum absolute atomic E-state index is 13.1. The Morgan fingerprint density at radius 1 is 1.54 bits per heavy atom. The monoisotopic (exact) mass is 254 g/mol. The third-order valence-corrected chi connectivity index (χ3v) is 1.86. The Morgan fingerprint density at radius 2 is 2.15 bits per heavy atom. The molecule has 0 saturated heterocycles. The van der Waals surface area contributed by atoms with E-state index >= 15 is 0 Å². The van der Waals surface area contributed by atoms with Crippen molar-refractivity contribution in [3.63, 3.8) is 0 Å². The molecule has 1 heterocycles. The Bertz CT molecular complexity index is 317. The number of hydrogen-bond acceptors (Lipinski definition) is 2. The highest BCUT2D eigenvalue weighted by molar-refractivity contribution is 9.10. The fourth-order valence-electron chi connectivity index (χ4n) is 0.863. The minimum atomic E-state index is -2.86. The predicted molar refractivity (Wildman–Crippen MR) is 44.7 cm³/mol. The van der Waals surface area contributed by atoms with Crippen LogP contribution in [0.5, 0.6) is 0 Å². The molecule has 0 atom stereocenters. The minimum absolute atomic E-state index is 0.157. The topological polar surface area (TPSA) is 38.9 Å². The second-order valence-electron chi connectivity index (χ2n) is 2.30. The summed E-state index contributed by atoms with van der Waals surface area (Å²) in [7, 11) is 0. The first kappa shape index (κ1) is 10.5. The molecule has 0 aliphatic rings. The number of aromatic nitrogens is 1. The summed E-state index contributed by atoms with van der Waals surface area (Å²) in [6.45, 7) is -0.203. The quantitative estimate of drug-likeness (QED) is 0.824. The Hall–Kier alpha value is -0.620. The molecule has 72 valence electrons. The maximum Gasteiger partial charge on any atom is 0.266 e. The lowest BCUT2D eigenvalue weighted by atomic mass is 10.2. The molecule has 2 nitrogen and oxygen atoms in total. The Balaban J connectivity index is 3.27. The summed E-state index contributed by atoms with van der Waals surface area (Å²) < 4.78 is 37.6. The molecule has 0 aliphatic carbocycles. The van der Waals surface area contributed by atoms with E-state index < -0.39 is 17.8 Å². The minimum Gasteiger partial charge on any atom is -0.325 e. The van der Waals surface area contributed by atoms with Crippen molar-refractivity contribution in [3.8, 4) is 0 Å². The van der Waals surface area contributed by atoms with Gasteiger partial charge >= 0.3 is 0 Å². The summed E-state index contributed by atoms with van der Waals surface area (Å²) in [6.07, 6.45) is -2.86. The molecule has 0 unspecified atom stereocenters. The highest BCUT2D eigenvalue weighted by Crippen LogP contribution is 2.25. The van der Waals surface area contributed by atoms with Gasteiger partial charge in [-0.3, -0.25) is 0 Å². The fourth-order valence-corrected chi connectivity index (χ4v) is 1.32. The van der Waals surface area contributed by atoms with Crippen molar-refractivity contribution >= 4 is 15.9 Å². The predicted octanol–water partition coefficient (Wildman–Crippen LogP) is 2.38. The largest absolute Gasteiger partial charge is 0.325 e. The first-order chi connectivity index (χ1) is 6.06. The van der Waals surface area contributed by atoms with Crippen LogP contribution in [0.25, 0.3) is 0 Å². The van der Waals surface area contributed by atoms with Gasteiger partial charge in [-0.25, -0.2) is 18.2 Å². The third-order valence-electron chi connectivity index (χ3n) is 1.45. The highest BCUT2D eigenvalue weighted by atomic mass is 79.9. The van der Waals surface area contributed by atoms with E-state index in [-0.39, 0.29) is 16.8 Å². The van der Waals surface area contributed by atoms with Gasteiger partial charge in [0.15, 0.2) is 5.82 Å². The van der Waals surface area contributed by atoms with Gasteiger partial charge in [0.2, 0.25) is 0 Å². The molecule has 0 aromatic carbocycles. The first-order valence-electron chi connectivity index (χ1n) is 3.39. The fraction of sp³-hybridized carbons (Fsp3) is 0.286. The summed E-state index contributed by atoms with van der Waals surface area (Å²) in [4.78, 5) is 3.62. The van der Waals surface area contributed by atoms with Crippen LogP contribution < -0.4 is 5.73 Å². The molecule has 1 rings (SSSR count). The normalized spacial score (nSPS) is 10.9. The van der Waals surface area contributed by atoms with Gasteiger partial charge in [0.25, 0.3) is 6.43 Å². The van der Waals surface area contributed by atoms with E-state index in [9.17, 15) is 13.2 Å². The van der Waals surface area contributed by atoms with Crippen LogP contribution in [0, 0.1) is 5.82 Å². The molecule has 0 fully saturated rings. The molecule has 2 N–H and O–H groups in total. The average molecular weight is 255 g/mol. The van der Waals surface area contributed by atoms with Gasteiger partial charge in [-0.15, -0.1) is 0 Å². The molecule has 6 heteroatoms. The lowest BCUT2D eigenvalue weighted by Gasteiger charge is -2.05. The average Bonchev–Trinajstić information content (AvgIpc) is 2.08. The third kappa shape index (κ3) is 2.19. The van der Waals surface area contributed by atoms with E-state index in [1.54, 1.807) is 0 Å². The van der Waals surface area contributed by atoms with Crippen LogP contribution in [-0.4, -0.2) is 4.98 Å². The van der Waals surface area contributed by atoms with Crippen molar-refractivity contribution in [1.82, 2.24) is 4.98 Å². The van der Waals surface area contributed by atoms with Crippen molar-refractivity contribution in [2.75, 3.05) is 0 Å². The van der Waals surface area contributed by atoms with Crippen LogP contribution in [0.1, 0.15) is 17.7 Å². The van der Waals surface area contributed by atoms with E-state index in [2.05, 4.69) is 20.9 Å². The zero-order chi connectivity index (χ0) is 10.0. The van der Waals surface area contributed by atoms with E-state index in [1.807, 2.05) is 0 Å². The molecule has 0 spiro atoms. The molecule has 13 heavy (non-hydrogen) atoms. The number of nitrogens with zero attached hydrogens (tertiary/aromatic N) is 1. The van der Waals surface area contributed by atoms with E-state index in [4.69, 9.17) is 5.73 Å². The molecule has 0 bridgehead atoms. The van der Waals surface area contributed by atoms with Gasteiger partial charge in [-0.2, -0.15) is 0 Å². The second-order valence-corrected chi connectivity index (χ2v) is 3.11. The molecule has 0 amide bonds. The zero-order valence-corrected chi connectivity index (χ0v) is 7.98. The highest BCUT2D eigenvalue weighted by Gasteiger charge is 2.17. The summed E-state index contributed by atoms with van der Waals surface area (Å²) in [5.41, 5.74) is 4.28. The van der Waals surface area contributed by atoms with Gasteiger partial charge in [0.05, 0.1) is 11.3 Å². The Morgan fingerprint density at radius 3 is 2.62 bits per heavy atom. The molecule has 0 saturated carbocycles. The first-order valence-corrected chi connectivity index (χ1v) is 4.18. The van der Waals surface area contributed by atoms with Crippen LogP contribution in [0.15, 0.2) is 10.7 Å². The number of pyridine rings is 1. The van der Waals surface area contributed by atoms with E-state index in [0.29, 0.717) is 0 Å². The van der Waals surface area contributed by atoms with Crippen LogP contribution in [0.4, 0.5) is 13.2 Å². The summed E-state index contributed by atoms with van der Waals surface area (Å²) in [5.74, 6) is -1.03. The maximum atomic E-state index is 13.1. The van der Waals surface area contributed by atoms with Crippen molar-refractivity contribution in [1.29, 1.82) is 0 Å². The van der Waals surface area contributed by atoms with Crippen LogP contribution in [0.2, 0.25) is 0 Å². The summed E-state index contributed by atoms with van der Waals surface area (Å²) in [6, 6.07) is 0.944. The summed E-state index contributed by atoms with van der Waals surface area (Å²) >= 11 is 2.89.